The number of rotatable bonds is 4. The third-order valence-corrected chi connectivity index (χ3v) is 11.0. The fourth-order valence-electron chi connectivity index (χ4n) is 8.33. The van der Waals surface area contributed by atoms with Crippen LogP contribution in [0.15, 0.2) is 144 Å². The Morgan fingerprint density at radius 1 is 0.582 bits per heavy atom. The van der Waals surface area contributed by atoms with Gasteiger partial charge in [-0.25, -0.2) is 4.98 Å². The Morgan fingerprint density at radius 3 is 2.11 bits per heavy atom. The molecule has 4 aromatic heterocycles. The van der Waals surface area contributed by atoms with Crippen LogP contribution in [0.25, 0.3) is 99.7 Å². The molecule has 0 amide bonds. The van der Waals surface area contributed by atoms with E-state index in [1.54, 1.807) is 0 Å². The molecule has 4 heterocycles. The van der Waals surface area contributed by atoms with Gasteiger partial charge in [0, 0.05) is 55.5 Å². The summed E-state index contributed by atoms with van der Waals surface area (Å²) in [7, 11) is 0. The molecule has 5 nitrogen and oxygen atoms in total. The lowest BCUT2D eigenvalue weighted by atomic mass is 9.85. The van der Waals surface area contributed by atoms with Gasteiger partial charge in [-0.3, -0.25) is 4.98 Å². The van der Waals surface area contributed by atoms with Crippen molar-refractivity contribution in [2.45, 2.75) is 52.5 Å². The summed E-state index contributed by atoms with van der Waals surface area (Å²) in [5.41, 5.74) is 14.2. The average Bonchev–Trinajstić information content (AvgIpc) is 3.89. The van der Waals surface area contributed by atoms with Crippen LogP contribution >= 0.6 is 0 Å². The summed E-state index contributed by atoms with van der Waals surface area (Å²) in [6.07, 6.45) is 1.89. The number of imidazole rings is 1. The smallest absolute Gasteiger partial charge is 0.161 e. The Kier molecular flexibility index (Phi) is 7.24. The minimum atomic E-state index is -0.267. The van der Waals surface area contributed by atoms with Crippen LogP contribution in [0.1, 0.15) is 47.1 Å². The van der Waals surface area contributed by atoms with E-state index in [9.17, 15) is 0 Å². The number of benzene rings is 6. The van der Waals surface area contributed by atoms with Crippen LogP contribution in [0.4, 0.5) is 0 Å². The van der Waals surface area contributed by atoms with Gasteiger partial charge in [0.05, 0.1) is 16.6 Å². The van der Waals surface area contributed by atoms with Crippen molar-refractivity contribution in [1.29, 1.82) is 0 Å². The molecule has 10 aromatic rings. The lowest BCUT2D eigenvalue weighted by molar-refractivity contribution is 0.413. The largest absolute Gasteiger partial charge is 0.454 e. The molecule has 6 aromatic carbocycles. The number of pyridine rings is 1. The molecule has 0 atom stereocenters. The maximum absolute atomic E-state index is 6.51. The molecule has 55 heavy (non-hydrogen) atoms. The minimum absolute atomic E-state index is 0.0595. The molecule has 0 aliphatic carbocycles. The van der Waals surface area contributed by atoms with Crippen LogP contribution in [-0.4, -0.2) is 19.5 Å². The number of H-pyrrole nitrogens is 1. The summed E-state index contributed by atoms with van der Waals surface area (Å²) in [6.45, 7) is 13.7. The standard InChI is InChI=1S/C50H42N4O/c1-49(2,3)34-28-39-36-17-10-12-20-41(36)52-45(39)40(29-34)48-53-46-35(19-14-21-42(46)54(48)50(4,5)6)32-25-31(30-15-8-7-9-16-30)26-33(27-32)44-47-38(23-24-51-44)37-18-11-13-22-43(37)55-47/h7-29,52H,1-6H3. The van der Waals surface area contributed by atoms with Crippen molar-refractivity contribution < 1.29 is 4.42 Å². The van der Waals surface area contributed by atoms with E-state index in [0.717, 1.165) is 88.9 Å². The van der Waals surface area contributed by atoms with Gasteiger partial charge < -0.3 is 14.0 Å². The first kappa shape index (κ1) is 33.1. The molecule has 268 valence electrons. The van der Waals surface area contributed by atoms with Gasteiger partial charge in [-0.15, -0.1) is 0 Å². The van der Waals surface area contributed by atoms with Crippen LogP contribution in [-0.2, 0) is 11.0 Å². The molecule has 0 radical (unpaired) electrons. The SMILES string of the molecule is CC(C)(C)c1cc(-c2nc3c(-c4cc(-c5ccccc5)cc(-c5nccc6c5oc5ccccc56)c4)cccc3n2C(C)(C)C)c2[nH]c3ccccc3c2c1. The first-order valence-electron chi connectivity index (χ1n) is 19.1. The van der Waals surface area contributed by atoms with E-state index < -0.39 is 0 Å². The van der Waals surface area contributed by atoms with Crippen molar-refractivity contribution in [3.05, 3.63) is 145 Å². The van der Waals surface area contributed by atoms with Crippen molar-refractivity contribution in [1.82, 2.24) is 19.5 Å². The van der Waals surface area contributed by atoms with Crippen LogP contribution in [0.2, 0.25) is 0 Å². The minimum Gasteiger partial charge on any atom is -0.454 e. The Morgan fingerprint density at radius 2 is 1.31 bits per heavy atom. The van der Waals surface area contributed by atoms with E-state index in [4.69, 9.17) is 14.4 Å². The maximum atomic E-state index is 6.51. The van der Waals surface area contributed by atoms with Gasteiger partial charge in [0.2, 0.25) is 0 Å². The first-order chi connectivity index (χ1) is 26.5. The Bertz CT molecular complexity index is 3110. The normalized spacial score (nSPS) is 12.5. The molecule has 5 heteroatoms. The van der Waals surface area contributed by atoms with E-state index in [0.29, 0.717) is 0 Å². The van der Waals surface area contributed by atoms with Crippen LogP contribution in [0, 0.1) is 0 Å². The zero-order valence-electron chi connectivity index (χ0n) is 32.0. The summed E-state index contributed by atoms with van der Waals surface area (Å²) in [4.78, 5) is 14.4. The topological polar surface area (TPSA) is 59.6 Å². The number of nitrogens with zero attached hydrogens (tertiary/aromatic N) is 3. The number of aromatic amines is 1. The molecule has 0 unspecified atom stereocenters. The zero-order valence-corrected chi connectivity index (χ0v) is 32.0. The van der Waals surface area contributed by atoms with E-state index in [2.05, 4.69) is 166 Å². The number of aromatic nitrogens is 4. The van der Waals surface area contributed by atoms with Gasteiger partial charge >= 0.3 is 0 Å². The van der Waals surface area contributed by atoms with Gasteiger partial charge in [0.15, 0.2) is 5.58 Å². The van der Waals surface area contributed by atoms with Gasteiger partial charge in [0.1, 0.15) is 17.1 Å². The molecule has 0 aliphatic rings. The van der Waals surface area contributed by atoms with Gasteiger partial charge in [-0.05, 0) is 103 Å². The molecule has 0 saturated heterocycles. The van der Waals surface area contributed by atoms with E-state index in [1.807, 2.05) is 24.4 Å². The molecule has 0 spiro atoms. The Labute approximate surface area is 320 Å². The summed E-state index contributed by atoms with van der Waals surface area (Å²) >= 11 is 0. The fraction of sp³-hybridized carbons (Fsp3) is 0.160. The quantitative estimate of drug-likeness (QED) is 0.197. The molecule has 0 aliphatic heterocycles. The molecule has 0 fully saturated rings. The molecule has 0 saturated carbocycles. The highest BCUT2D eigenvalue weighted by molar-refractivity contribution is 6.13. The lowest BCUT2D eigenvalue weighted by Crippen LogP contribution is -2.23. The van der Waals surface area contributed by atoms with Crippen molar-refractivity contribution in [3.8, 4) is 44.9 Å². The highest BCUT2D eigenvalue weighted by Gasteiger charge is 2.28. The number of hydrogen-bond acceptors (Lipinski definition) is 3. The fourth-order valence-corrected chi connectivity index (χ4v) is 8.33. The summed E-state index contributed by atoms with van der Waals surface area (Å²) in [6, 6.07) is 47.5. The van der Waals surface area contributed by atoms with Gasteiger partial charge in [-0.1, -0.05) is 99.6 Å². The summed E-state index contributed by atoms with van der Waals surface area (Å²) in [5.74, 6) is 0.950. The van der Waals surface area contributed by atoms with Crippen molar-refractivity contribution in [3.63, 3.8) is 0 Å². The third-order valence-electron chi connectivity index (χ3n) is 11.0. The summed E-state index contributed by atoms with van der Waals surface area (Å²) in [5, 5.41) is 4.59. The zero-order chi connectivity index (χ0) is 37.6. The molecular formula is C50H42N4O. The van der Waals surface area contributed by atoms with E-state index >= 15 is 0 Å². The van der Waals surface area contributed by atoms with E-state index in [-0.39, 0.29) is 11.0 Å². The predicted octanol–water partition coefficient (Wildman–Crippen LogP) is 13.7. The summed E-state index contributed by atoms with van der Waals surface area (Å²) < 4.78 is 8.94. The number of furan rings is 1. The van der Waals surface area contributed by atoms with Crippen LogP contribution in [0.3, 0.4) is 0 Å². The number of hydrogen-bond donors (Lipinski definition) is 1. The third kappa shape index (κ3) is 5.37. The van der Waals surface area contributed by atoms with E-state index in [1.165, 1.54) is 16.3 Å². The van der Waals surface area contributed by atoms with Crippen LogP contribution < -0.4 is 0 Å². The van der Waals surface area contributed by atoms with Crippen molar-refractivity contribution in [2.75, 3.05) is 0 Å². The van der Waals surface area contributed by atoms with Gasteiger partial charge in [-0.2, -0.15) is 0 Å². The van der Waals surface area contributed by atoms with Crippen LogP contribution in [0.5, 0.6) is 0 Å². The number of nitrogens with one attached hydrogen (secondary N) is 1. The highest BCUT2D eigenvalue weighted by atomic mass is 16.3. The Balaban J connectivity index is 1.26. The van der Waals surface area contributed by atoms with Crippen molar-refractivity contribution >= 4 is 54.8 Å². The predicted molar refractivity (Wildman–Crippen MR) is 230 cm³/mol. The maximum Gasteiger partial charge on any atom is 0.161 e. The number of fused-ring (bicyclic) bond motifs is 7. The first-order valence-corrected chi connectivity index (χ1v) is 19.1. The average molecular weight is 715 g/mol. The second-order valence-electron chi connectivity index (χ2n) is 16.8. The van der Waals surface area contributed by atoms with Crippen molar-refractivity contribution in [2.24, 2.45) is 0 Å². The van der Waals surface area contributed by atoms with Gasteiger partial charge in [0.25, 0.3) is 0 Å². The molecular weight excluding hydrogens is 673 g/mol. The molecule has 10 rings (SSSR count). The molecule has 1 N–H and O–H groups in total. The highest BCUT2D eigenvalue weighted by Crippen LogP contribution is 2.43. The second-order valence-corrected chi connectivity index (χ2v) is 16.8. The lowest BCUT2D eigenvalue weighted by Gasteiger charge is -2.26. The Hall–Kier alpha value is -6.46. The monoisotopic (exact) mass is 714 g/mol. The number of para-hydroxylation sites is 3. The molecule has 0 bridgehead atoms. The second kappa shape index (κ2) is 12.0.